The molecule has 19 heavy (non-hydrogen) atoms. The summed E-state index contributed by atoms with van der Waals surface area (Å²) >= 11 is 6.05. The van der Waals surface area contributed by atoms with Crippen LogP contribution in [0.1, 0.15) is 13.3 Å². The predicted octanol–water partition coefficient (Wildman–Crippen LogP) is 1.71. The maximum absolute atomic E-state index is 6.05. The highest BCUT2D eigenvalue weighted by atomic mass is 35.5. The highest BCUT2D eigenvalue weighted by Gasteiger charge is 2.35. The minimum Gasteiger partial charge on any atom is -0.397 e. The Kier molecular flexibility index (Phi) is 2.91. The van der Waals surface area contributed by atoms with Crippen molar-refractivity contribution >= 4 is 17.3 Å². The zero-order valence-corrected chi connectivity index (χ0v) is 11.3. The fourth-order valence-corrected chi connectivity index (χ4v) is 2.45. The van der Waals surface area contributed by atoms with E-state index in [4.69, 9.17) is 22.1 Å². The second kappa shape index (κ2) is 4.47. The maximum atomic E-state index is 6.05. The van der Waals surface area contributed by atoms with Gasteiger partial charge in [0.25, 0.3) is 0 Å². The molecule has 2 aromatic rings. The fourth-order valence-electron chi connectivity index (χ4n) is 2.27. The van der Waals surface area contributed by atoms with E-state index in [-0.39, 0.29) is 5.54 Å². The van der Waals surface area contributed by atoms with Gasteiger partial charge in [-0.1, -0.05) is 17.7 Å². The summed E-state index contributed by atoms with van der Waals surface area (Å²) in [6.45, 7) is 3.37. The zero-order chi connectivity index (χ0) is 13.5. The summed E-state index contributed by atoms with van der Waals surface area (Å²) in [5.41, 5.74) is 7.00. The molecule has 1 aromatic heterocycles. The van der Waals surface area contributed by atoms with Crippen LogP contribution in [0.5, 0.6) is 0 Å². The number of ether oxygens (including phenoxy) is 1. The van der Waals surface area contributed by atoms with Gasteiger partial charge in [0.15, 0.2) is 5.82 Å². The van der Waals surface area contributed by atoms with Crippen LogP contribution in [0.2, 0.25) is 5.02 Å². The van der Waals surface area contributed by atoms with E-state index in [0.717, 1.165) is 12.0 Å². The van der Waals surface area contributed by atoms with Crippen LogP contribution < -0.4 is 5.73 Å². The van der Waals surface area contributed by atoms with Crippen molar-refractivity contribution in [2.45, 2.75) is 18.9 Å². The molecule has 0 bridgehead atoms. The topological polar surface area (TPSA) is 78.9 Å². The molecule has 0 spiro atoms. The van der Waals surface area contributed by atoms with Gasteiger partial charge in [0.05, 0.1) is 22.9 Å². The van der Waals surface area contributed by atoms with Gasteiger partial charge in [0.2, 0.25) is 0 Å². The minimum atomic E-state index is -0.242. The number of tetrazole rings is 1. The van der Waals surface area contributed by atoms with Crippen LogP contribution in [-0.4, -0.2) is 33.4 Å². The van der Waals surface area contributed by atoms with E-state index in [0.29, 0.717) is 29.7 Å². The third-order valence-corrected chi connectivity index (χ3v) is 3.80. The number of nitrogens with zero attached hydrogens (tertiary/aromatic N) is 4. The second-order valence-corrected chi connectivity index (χ2v) is 5.32. The highest BCUT2D eigenvalue weighted by molar-refractivity contribution is 6.33. The third-order valence-electron chi connectivity index (χ3n) is 3.47. The first-order chi connectivity index (χ1) is 9.12. The lowest BCUT2D eigenvalue weighted by Gasteiger charge is -2.23. The standard InChI is InChI=1S/C12H14ClN5O/c1-12(5-6-19-7-12)18-11(15-16-17-18)8-3-2-4-9(13)10(8)14/h2-4H,5-7,14H2,1H3. The fraction of sp³-hybridized carbons (Fsp3) is 0.417. The number of nitrogen functional groups attached to an aromatic ring is 1. The van der Waals surface area contributed by atoms with Crippen molar-refractivity contribution in [3.05, 3.63) is 23.2 Å². The van der Waals surface area contributed by atoms with Crippen molar-refractivity contribution in [1.29, 1.82) is 0 Å². The lowest BCUT2D eigenvalue weighted by atomic mass is 10.0. The smallest absolute Gasteiger partial charge is 0.184 e. The quantitative estimate of drug-likeness (QED) is 0.847. The van der Waals surface area contributed by atoms with E-state index in [1.807, 2.05) is 12.1 Å². The van der Waals surface area contributed by atoms with E-state index in [1.54, 1.807) is 10.7 Å². The summed E-state index contributed by atoms with van der Waals surface area (Å²) in [7, 11) is 0. The molecule has 1 unspecified atom stereocenters. The molecule has 1 aliphatic heterocycles. The molecule has 3 rings (SSSR count). The van der Waals surface area contributed by atoms with Crippen LogP contribution in [0.4, 0.5) is 5.69 Å². The van der Waals surface area contributed by atoms with Gasteiger partial charge in [-0.25, -0.2) is 4.68 Å². The summed E-state index contributed by atoms with van der Waals surface area (Å²) in [5.74, 6) is 0.619. The molecule has 0 amide bonds. The lowest BCUT2D eigenvalue weighted by molar-refractivity contribution is 0.155. The molecule has 0 saturated carbocycles. The summed E-state index contributed by atoms with van der Waals surface area (Å²) in [5, 5.41) is 12.4. The van der Waals surface area contributed by atoms with Gasteiger partial charge in [-0.05, 0) is 35.9 Å². The molecule has 1 fully saturated rings. The van der Waals surface area contributed by atoms with Crippen molar-refractivity contribution in [3.8, 4) is 11.4 Å². The Morgan fingerprint density at radius 2 is 2.32 bits per heavy atom. The first kappa shape index (κ1) is 12.4. The van der Waals surface area contributed by atoms with Crippen molar-refractivity contribution < 1.29 is 4.74 Å². The zero-order valence-electron chi connectivity index (χ0n) is 10.5. The monoisotopic (exact) mass is 279 g/mol. The molecular weight excluding hydrogens is 266 g/mol. The van der Waals surface area contributed by atoms with Crippen molar-refractivity contribution in [2.75, 3.05) is 18.9 Å². The molecule has 6 nitrogen and oxygen atoms in total. The van der Waals surface area contributed by atoms with Gasteiger partial charge >= 0.3 is 0 Å². The van der Waals surface area contributed by atoms with Gasteiger partial charge in [-0.15, -0.1) is 5.10 Å². The molecule has 2 heterocycles. The highest BCUT2D eigenvalue weighted by Crippen LogP contribution is 2.34. The predicted molar refractivity (Wildman–Crippen MR) is 71.8 cm³/mol. The number of anilines is 1. The molecule has 2 N–H and O–H groups in total. The molecule has 1 atom stereocenters. The van der Waals surface area contributed by atoms with E-state index in [2.05, 4.69) is 22.4 Å². The Morgan fingerprint density at radius 3 is 3.05 bits per heavy atom. The Bertz CT molecular complexity index is 606. The SMILES string of the molecule is CC1(n2nnnc2-c2cccc(Cl)c2N)CCOC1. The van der Waals surface area contributed by atoms with E-state index in [9.17, 15) is 0 Å². The van der Waals surface area contributed by atoms with Crippen molar-refractivity contribution in [2.24, 2.45) is 0 Å². The van der Waals surface area contributed by atoms with E-state index >= 15 is 0 Å². The Morgan fingerprint density at radius 1 is 1.47 bits per heavy atom. The van der Waals surface area contributed by atoms with Crippen LogP contribution in [0, 0.1) is 0 Å². The van der Waals surface area contributed by atoms with Crippen LogP contribution in [0.3, 0.4) is 0 Å². The van der Waals surface area contributed by atoms with Gasteiger partial charge in [-0.2, -0.15) is 0 Å². The van der Waals surface area contributed by atoms with Crippen LogP contribution >= 0.6 is 11.6 Å². The first-order valence-electron chi connectivity index (χ1n) is 6.03. The number of benzene rings is 1. The maximum Gasteiger partial charge on any atom is 0.184 e. The Balaban J connectivity index is 2.12. The van der Waals surface area contributed by atoms with Crippen LogP contribution in [0.15, 0.2) is 18.2 Å². The summed E-state index contributed by atoms with van der Waals surface area (Å²) in [6, 6.07) is 5.44. The number of rotatable bonds is 2. The number of hydrogen-bond donors (Lipinski definition) is 1. The van der Waals surface area contributed by atoms with Gasteiger partial charge in [0.1, 0.15) is 0 Å². The molecular formula is C12H14ClN5O. The molecule has 1 aromatic carbocycles. The molecule has 0 radical (unpaired) electrons. The number of hydrogen-bond acceptors (Lipinski definition) is 5. The van der Waals surface area contributed by atoms with Crippen molar-refractivity contribution in [1.82, 2.24) is 20.2 Å². The van der Waals surface area contributed by atoms with Crippen LogP contribution in [0.25, 0.3) is 11.4 Å². The second-order valence-electron chi connectivity index (χ2n) is 4.91. The molecule has 100 valence electrons. The van der Waals surface area contributed by atoms with Gasteiger partial charge in [0, 0.05) is 12.2 Å². The summed E-state index contributed by atoms with van der Waals surface area (Å²) in [4.78, 5) is 0. The van der Waals surface area contributed by atoms with E-state index < -0.39 is 0 Å². The van der Waals surface area contributed by atoms with E-state index in [1.165, 1.54) is 0 Å². The Labute approximate surface area is 115 Å². The van der Waals surface area contributed by atoms with Gasteiger partial charge in [-0.3, -0.25) is 0 Å². The number of para-hydroxylation sites is 1. The third kappa shape index (κ3) is 1.97. The number of nitrogens with two attached hydrogens (primary N) is 1. The minimum absolute atomic E-state index is 0.242. The molecule has 1 saturated heterocycles. The largest absolute Gasteiger partial charge is 0.397 e. The summed E-state index contributed by atoms with van der Waals surface area (Å²) < 4.78 is 7.23. The normalized spacial score (nSPS) is 22.8. The average molecular weight is 280 g/mol. The molecule has 0 aliphatic carbocycles. The van der Waals surface area contributed by atoms with Crippen molar-refractivity contribution in [3.63, 3.8) is 0 Å². The molecule has 1 aliphatic rings. The lowest BCUT2D eigenvalue weighted by Crippen LogP contribution is -2.32. The van der Waals surface area contributed by atoms with Crippen LogP contribution in [-0.2, 0) is 10.3 Å². The summed E-state index contributed by atoms with van der Waals surface area (Å²) in [6.07, 6.45) is 0.867. The van der Waals surface area contributed by atoms with Gasteiger partial charge < -0.3 is 10.5 Å². The number of aromatic nitrogens is 4. The first-order valence-corrected chi connectivity index (χ1v) is 6.40. The molecule has 7 heteroatoms. The number of halogens is 1. The Hall–Kier alpha value is -1.66. The average Bonchev–Trinajstić information content (AvgIpc) is 3.02.